The van der Waals surface area contributed by atoms with E-state index >= 15 is 0 Å². The fraction of sp³-hybridized carbons (Fsp3) is 0.391. The molecule has 0 spiro atoms. The number of nitrogens with zero attached hydrogens (tertiary/aromatic N) is 2. The van der Waals surface area contributed by atoms with Gasteiger partial charge in [-0.2, -0.15) is 0 Å². The summed E-state index contributed by atoms with van der Waals surface area (Å²) in [6, 6.07) is 16.2. The fourth-order valence-corrected chi connectivity index (χ4v) is 3.10. The number of aryl methyl sites for hydroxylation is 1. The normalized spacial score (nSPS) is 11.1. The largest absolute Gasteiger partial charge is 0.370 e. The minimum absolute atomic E-state index is 0.0485. The highest BCUT2D eigenvalue weighted by molar-refractivity contribution is 5.94. The lowest BCUT2D eigenvalue weighted by molar-refractivity contribution is 0.0955. The molecule has 0 heterocycles. The lowest BCUT2D eigenvalue weighted by atomic mass is 10.1. The van der Waals surface area contributed by atoms with Gasteiger partial charge in [0, 0.05) is 51.0 Å². The molecule has 1 amide bonds. The first-order valence-electron chi connectivity index (χ1n) is 10.2. The van der Waals surface area contributed by atoms with Gasteiger partial charge in [0.05, 0.1) is 0 Å². The predicted octanol–water partition coefficient (Wildman–Crippen LogP) is 2.94. The molecule has 3 N–H and O–H groups in total. The first-order valence-corrected chi connectivity index (χ1v) is 10.2. The summed E-state index contributed by atoms with van der Waals surface area (Å²) in [5.74, 6) is 0.696. The van der Waals surface area contributed by atoms with Crippen molar-refractivity contribution in [3.05, 3.63) is 65.2 Å². The smallest absolute Gasteiger partial charge is 0.251 e. The Kier molecular flexibility index (Phi) is 9.02. The molecule has 6 nitrogen and oxygen atoms in total. The van der Waals surface area contributed by atoms with Crippen LogP contribution in [0.1, 0.15) is 35.3 Å². The van der Waals surface area contributed by atoms with Gasteiger partial charge in [-0.1, -0.05) is 24.3 Å². The third kappa shape index (κ3) is 7.14. The maximum Gasteiger partial charge on any atom is 0.251 e. The van der Waals surface area contributed by atoms with Crippen molar-refractivity contribution in [3.8, 4) is 0 Å². The number of aliphatic imine (C=N–C) groups is 1. The van der Waals surface area contributed by atoms with E-state index in [9.17, 15) is 4.79 Å². The molecule has 2 aromatic carbocycles. The SMILES string of the molecule is CCNC(=O)c1cccc(CNC(=NC)NCCN(CC)c2cccc(C)c2)c1. The van der Waals surface area contributed by atoms with Crippen LogP contribution in [0.2, 0.25) is 0 Å². The number of hydrogen-bond donors (Lipinski definition) is 3. The Bertz CT molecular complexity index is 818. The summed E-state index contributed by atoms with van der Waals surface area (Å²) in [6.07, 6.45) is 0. The summed E-state index contributed by atoms with van der Waals surface area (Å²) in [5, 5.41) is 9.50. The van der Waals surface area contributed by atoms with E-state index in [-0.39, 0.29) is 5.91 Å². The summed E-state index contributed by atoms with van der Waals surface area (Å²) < 4.78 is 0. The van der Waals surface area contributed by atoms with Crippen LogP contribution in [0.4, 0.5) is 5.69 Å². The highest BCUT2D eigenvalue weighted by atomic mass is 16.1. The Hall–Kier alpha value is -3.02. The second-order valence-corrected chi connectivity index (χ2v) is 6.83. The van der Waals surface area contributed by atoms with Crippen molar-refractivity contribution < 1.29 is 4.79 Å². The van der Waals surface area contributed by atoms with Crippen molar-refractivity contribution in [1.29, 1.82) is 0 Å². The molecule has 0 fully saturated rings. The number of carbonyl (C=O) groups is 1. The van der Waals surface area contributed by atoms with Crippen LogP contribution in [0.15, 0.2) is 53.5 Å². The number of carbonyl (C=O) groups excluding carboxylic acids is 1. The van der Waals surface area contributed by atoms with Crippen molar-refractivity contribution in [2.45, 2.75) is 27.3 Å². The van der Waals surface area contributed by atoms with Crippen molar-refractivity contribution in [3.63, 3.8) is 0 Å². The van der Waals surface area contributed by atoms with Crippen LogP contribution in [-0.4, -0.2) is 45.1 Å². The van der Waals surface area contributed by atoms with Crippen LogP contribution in [0.25, 0.3) is 0 Å². The van der Waals surface area contributed by atoms with Crippen LogP contribution in [0.5, 0.6) is 0 Å². The van der Waals surface area contributed by atoms with E-state index in [4.69, 9.17) is 0 Å². The van der Waals surface area contributed by atoms with Crippen molar-refractivity contribution in [2.75, 3.05) is 38.1 Å². The molecule has 2 rings (SSSR count). The van der Waals surface area contributed by atoms with Gasteiger partial charge in [0.25, 0.3) is 5.91 Å². The van der Waals surface area contributed by atoms with Crippen LogP contribution < -0.4 is 20.9 Å². The van der Waals surface area contributed by atoms with Gasteiger partial charge < -0.3 is 20.9 Å². The Morgan fingerprint density at radius 1 is 1.03 bits per heavy atom. The number of amides is 1. The molecule has 0 atom stereocenters. The van der Waals surface area contributed by atoms with Gasteiger partial charge in [0.15, 0.2) is 5.96 Å². The third-order valence-electron chi connectivity index (χ3n) is 4.63. The van der Waals surface area contributed by atoms with Crippen LogP contribution >= 0.6 is 0 Å². The summed E-state index contributed by atoms with van der Waals surface area (Å²) in [6.45, 7) is 10.0. The van der Waals surface area contributed by atoms with E-state index < -0.39 is 0 Å². The Balaban J connectivity index is 1.85. The summed E-state index contributed by atoms with van der Waals surface area (Å²) in [4.78, 5) is 18.6. The van der Waals surface area contributed by atoms with Crippen LogP contribution in [0, 0.1) is 6.92 Å². The van der Waals surface area contributed by atoms with Gasteiger partial charge >= 0.3 is 0 Å². The fourth-order valence-electron chi connectivity index (χ4n) is 3.10. The predicted molar refractivity (Wildman–Crippen MR) is 122 cm³/mol. The van der Waals surface area contributed by atoms with E-state index in [2.05, 4.69) is 64.0 Å². The monoisotopic (exact) mass is 395 g/mol. The molecule has 0 saturated heterocycles. The van der Waals surface area contributed by atoms with Gasteiger partial charge in [-0.15, -0.1) is 0 Å². The van der Waals surface area contributed by atoms with Gasteiger partial charge in [-0.3, -0.25) is 9.79 Å². The van der Waals surface area contributed by atoms with Crippen LogP contribution in [0.3, 0.4) is 0 Å². The highest BCUT2D eigenvalue weighted by Gasteiger charge is 2.07. The summed E-state index contributed by atoms with van der Waals surface area (Å²) in [7, 11) is 1.76. The number of likely N-dealkylation sites (N-methyl/N-ethyl adjacent to an activating group) is 1. The third-order valence-corrected chi connectivity index (χ3v) is 4.63. The van der Waals surface area contributed by atoms with Crippen LogP contribution in [-0.2, 0) is 6.54 Å². The molecule has 2 aromatic rings. The molecular formula is C23H33N5O. The Morgan fingerprint density at radius 2 is 1.83 bits per heavy atom. The molecule has 6 heteroatoms. The zero-order valence-electron chi connectivity index (χ0n) is 18.0. The second kappa shape index (κ2) is 11.7. The quantitative estimate of drug-likeness (QED) is 0.451. The molecule has 0 aliphatic carbocycles. The molecule has 29 heavy (non-hydrogen) atoms. The summed E-state index contributed by atoms with van der Waals surface area (Å²) in [5.41, 5.74) is 4.21. The first-order chi connectivity index (χ1) is 14.1. The lowest BCUT2D eigenvalue weighted by Gasteiger charge is -2.24. The number of anilines is 1. The number of hydrogen-bond acceptors (Lipinski definition) is 3. The van der Waals surface area contributed by atoms with Gasteiger partial charge in [0.1, 0.15) is 0 Å². The molecular weight excluding hydrogens is 362 g/mol. The van der Waals surface area contributed by atoms with Gasteiger partial charge in [0.2, 0.25) is 0 Å². The highest BCUT2D eigenvalue weighted by Crippen LogP contribution is 2.15. The Labute approximate surface area is 174 Å². The molecule has 156 valence electrons. The number of guanidine groups is 1. The molecule has 0 bridgehead atoms. The molecule has 0 aliphatic rings. The minimum atomic E-state index is -0.0485. The standard InChI is InChI=1S/C23H33N5O/c1-5-25-22(29)20-11-8-10-19(16-20)17-27-23(24-4)26-13-14-28(6-2)21-12-7-9-18(3)15-21/h7-12,15-16H,5-6,13-14,17H2,1-4H3,(H,25,29)(H2,24,26,27). The average Bonchev–Trinajstić information content (AvgIpc) is 2.73. The molecule has 0 radical (unpaired) electrons. The van der Waals surface area contributed by atoms with E-state index in [0.29, 0.717) is 18.7 Å². The molecule has 0 unspecified atom stereocenters. The second-order valence-electron chi connectivity index (χ2n) is 6.83. The van der Waals surface area contributed by atoms with Crippen molar-refractivity contribution >= 4 is 17.6 Å². The Morgan fingerprint density at radius 3 is 2.52 bits per heavy atom. The number of rotatable bonds is 9. The number of nitrogens with one attached hydrogen (secondary N) is 3. The maximum atomic E-state index is 12.0. The zero-order chi connectivity index (χ0) is 21.1. The maximum absolute atomic E-state index is 12.0. The minimum Gasteiger partial charge on any atom is -0.370 e. The lowest BCUT2D eigenvalue weighted by Crippen LogP contribution is -2.41. The van der Waals surface area contributed by atoms with E-state index in [1.165, 1.54) is 11.3 Å². The van der Waals surface area contributed by atoms with E-state index in [1.54, 1.807) is 7.05 Å². The zero-order valence-corrected chi connectivity index (χ0v) is 18.0. The van der Waals surface area contributed by atoms with Gasteiger partial charge in [-0.05, 0) is 56.2 Å². The van der Waals surface area contributed by atoms with Crippen molar-refractivity contribution in [2.24, 2.45) is 4.99 Å². The first kappa shape index (κ1) is 22.3. The topological polar surface area (TPSA) is 68.8 Å². The van der Waals surface area contributed by atoms with Crippen molar-refractivity contribution in [1.82, 2.24) is 16.0 Å². The average molecular weight is 396 g/mol. The molecule has 0 aromatic heterocycles. The van der Waals surface area contributed by atoms with E-state index in [1.807, 2.05) is 31.2 Å². The molecule has 0 aliphatic heterocycles. The van der Waals surface area contributed by atoms with E-state index in [0.717, 1.165) is 31.2 Å². The summed E-state index contributed by atoms with van der Waals surface area (Å²) >= 11 is 0. The number of benzene rings is 2. The molecule has 0 saturated carbocycles. The van der Waals surface area contributed by atoms with Gasteiger partial charge in [-0.25, -0.2) is 0 Å².